The van der Waals surface area contributed by atoms with Crippen LogP contribution in [-0.4, -0.2) is 80.0 Å². The Morgan fingerprint density at radius 3 is 2.69 bits per heavy atom. The number of hydrogen-bond donors (Lipinski definition) is 3. The van der Waals surface area contributed by atoms with Gasteiger partial charge in [0.25, 0.3) is 15.9 Å². The lowest BCUT2D eigenvalue weighted by atomic mass is 10.1. The van der Waals surface area contributed by atoms with Crippen molar-refractivity contribution in [2.24, 2.45) is 0 Å². The maximum Gasteiger partial charge on any atom is 0.277 e. The fraction of sp³-hybridized carbons (Fsp3) is 0.417. The van der Waals surface area contributed by atoms with Crippen LogP contribution in [0.25, 0.3) is 5.76 Å². The molecule has 35 heavy (non-hydrogen) atoms. The summed E-state index contributed by atoms with van der Waals surface area (Å²) >= 11 is 0. The smallest absolute Gasteiger partial charge is 0.277 e. The van der Waals surface area contributed by atoms with Gasteiger partial charge in [0.2, 0.25) is 0 Å². The number of rotatable bonds is 7. The van der Waals surface area contributed by atoms with E-state index in [0.717, 1.165) is 55.4 Å². The number of aliphatic hydroxyl groups excluding tert-OH is 1. The molecule has 0 spiro atoms. The van der Waals surface area contributed by atoms with Gasteiger partial charge in [-0.15, -0.1) is 0 Å². The highest BCUT2D eigenvalue weighted by molar-refractivity contribution is 7.89. The van der Waals surface area contributed by atoms with E-state index < -0.39 is 21.7 Å². The lowest BCUT2D eigenvalue weighted by molar-refractivity contribution is -0.113. The van der Waals surface area contributed by atoms with E-state index in [1.807, 2.05) is 6.07 Å². The normalized spacial score (nSPS) is 19.9. The molecule has 3 heterocycles. The molecule has 1 aromatic carbocycles. The van der Waals surface area contributed by atoms with E-state index in [0.29, 0.717) is 18.3 Å². The molecule has 1 saturated heterocycles. The first-order chi connectivity index (χ1) is 16.8. The lowest BCUT2D eigenvalue weighted by Gasteiger charge is -2.29. The second kappa shape index (κ2) is 9.48. The molecule has 2 fully saturated rings. The molecule has 1 amide bonds. The molecule has 3 N–H and O–H groups in total. The average molecular weight is 500 g/mol. The summed E-state index contributed by atoms with van der Waals surface area (Å²) in [6, 6.07) is 7.99. The number of hydrogen-bond acceptors (Lipinski definition) is 8. The van der Waals surface area contributed by atoms with Gasteiger partial charge in [-0.2, -0.15) is 0 Å². The predicted octanol–water partition coefficient (Wildman–Crippen LogP) is 1.74. The van der Waals surface area contributed by atoms with Crippen molar-refractivity contribution >= 4 is 27.5 Å². The van der Waals surface area contributed by atoms with Crippen molar-refractivity contribution in [1.29, 1.82) is 0 Å². The van der Waals surface area contributed by atoms with Crippen LogP contribution >= 0.6 is 0 Å². The Bertz CT molecular complexity index is 1250. The summed E-state index contributed by atoms with van der Waals surface area (Å²) in [4.78, 5) is 19.5. The van der Waals surface area contributed by atoms with E-state index in [2.05, 4.69) is 20.5 Å². The number of nitrogens with zero attached hydrogens (tertiary/aromatic N) is 3. The minimum Gasteiger partial charge on any atom is -0.505 e. The van der Waals surface area contributed by atoms with Crippen LogP contribution < -0.4 is 15.4 Å². The van der Waals surface area contributed by atoms with Crippen molar-refractivity contribution in [1.82, 2.24) is 19.5 Å². The topological polar surface area (TPSA) is 124 Å². The van der Waals surface area contributed by atoms with E-state index in [9.17, 15) is 18.3 Å². The number of sulfonamides is 1. The van der Waals surface area contributed by atoms with Gasteiger partial charge in [0.1, 0.15) is 18.2 Å². The Balaban J connectivity index is 1.36. The van der Waals surface area contributed by atoms with Gasteiger partial charge in [0.15, 0.2) is 11.5 Å². The van der Waals surface area contributed by atoms with Gasteiger partial charge in [-0.1, -0.05) is 6.07 Å². The summed E-state index contributed by atoms with van der Waals surface area (Å²) in [5.41, 5.74) is 0.773. The van der Waals surface area contributed by atoms with E-state index in [4.69, 9.17) is 4.74 Å². The fourth-order valence-corrected chi connectivity index (χ4v) is 5.72. The highest BCUT2D eigenvalue weighted by Crippen LogP contribution is 2.40. The number of carbonyl (C=O) groups is 1. The standard InChI is InChI=1S/C24H29N5O5S/c1-28-22(24(31)27-21-7-4-17(15-26-21)16-2-3-16)23(30)19-14-18(5-6-20(19)35(28,32)33)34-13-12-29-10-8-25-9-11-29/h4-7,14-16,25,30H,2-3,8-13H2,1H3,(H,26,27,31). The molecular weight excluding hydrogens is 470 g/mol. The minimum absolute atomic E-state index is 0.0324. The second-order valence-electron chi connectivity index (χ2n) is 8.97. The highest BCUT2D eigenvalue weighted by atomic mass is 32.2. The molecule has 10 nitrogen and oxygen atoms in total. The van der Waals surface area contributed by atoms with Crippen molar-refractivity contribution in [3.63, 3.8) is 0 Å². The molecule has 5 rings (SSSR count). The van der Waals surface area contributed by atoms with Crippen LogP contribution in [0.1, 0.15) is 29.9 Å². The number of fused-ring (bicyclic) bond motifs is 1. The molecule has 1 saturated carbocycles. The second-order valence-corrected chi connectivity index (χ2v) is 10.9. The number of anilines is 1. The molecule has 3 aliphatic rings. The molecule has 11 heteroatoms. The largest absolute Gasteiger partial charge is 0.505 e. The zero-order chi connectivity index (χ0) is 24.6. The summed E-state index contributed by atoms with van der Waals surface area (Å²) in [6.07, 6.45) is 3.98. The van der Waals surface area contributed by atoms with Gasteiger partial charge in [-0.3, -0.25) is 14.0 Å². The van der Waals surface area contributed by atoms with Gasteiger partial charge < -0.3 is 20.5 Å². The molecule has 1 aromatic heterocycles. The summed E-state index contributed by atoms with van der Waals surface area (Å²) in [7, 11) is -2.80. The highest BCUT2D eigenvalue weighted by Gasteiger charge is 2.38. The van der Waals surface area contributed by atoms with Crippen LogP contribution in [0.15, 0.2) is 47.1 Å². The Hall–Kier alpha value is -3.15. The molecular formula is C24H29N5O5S. The maximum absolute atomic E-state index is 13.1. The van der Waals surface area contributed by atoms with Gasteiger partial charge in [-0.05, 0) is 48.6 Å². The Morgan fingerprint density at radius 2 is 2.00 bits per heavy atom. The summed E-state index contributed by atoms with van der Waals surface area (Å²) < 4.78 is 32.8. The van der Waals surface area contributed by atoms with Crippen molar-refractivity contribution in [3.05, 3.63) is 53.4 Å². The number of ether oxygens (including phenoxy) is 1. The van der Waals surface area contributed by atoms with Gasteiger partial charge >= 0.3 is 0 Å². The summed E-state index contributed by atoms with van der Waals surface area (Å²) in [5.74, 6) is 0.0230. The number of carbonyl (C=O) groups excluding carboxylic acids is 1. The van der Waals surface area contributed by atoms with Crippen molar-refractivity contribution in [2.45, 2.75) is 23.7 Å². The molecule has 0 bridgehead atoms. The number of benzene rings is 1. The average Bonchev–Trinajstić information content (AvgIpc) is 3.70. The van der Waals surface area contributed by atoms with Crippen molar-refractivity contribution < 1.29 is 23.1 Å². The van der Waals surface area contributed by atoms with Crippen molar-refractivity contribution in [2.75, 3.05) is 51.7 Å². The van der Waals surface area contributed by atoms with Crippen LogP contribution in [0.3, 0.4) is 0 Å². The molecule has 2 aliphatic heterocycles. The number of piperazine rings is 1. The van der Waals surface area contributed by atoms with Gasteiger partial charge in [0, 0.05) is 51.5 Å². The van der Waals surface area contributed by atoms with E-state index >= 15 is 0 Å². The van der Waals surface area contributed by atoms with Gasteiger partial charge in [0.05, 0.1) is 4.90 Å². The summed E-state index contributed by atoms with van der Waals surface area (Å²) in [5, 5.41) is 16.9. The zero-order valence-corrected chi connectivity index (χ0v) is 20.3. The van der Waals surface area contributed by atoms with Crippen LogP contribution in [0.2, 0.25) is 0 Å². The van der Waals surface area contributed by atoms with Crippen LogP contribution in [0.5, 0.6) is 5.75 Å². The number of aliphatic hydroxyl groups is 1. The molecule has 0 radical (unpaired) electrons. The fourth-order valence-electron chi connectivity index (χ4n) is 4.34. The van der Waals surface area contributed by atoms with Crippen LogP contribution in [0.4, 0.5) is 5.82 Å². The Morgan fingerprint density at radius 1 is 1.23 bits per heavy atom. The molecule has 1 aliphatic carbocycles. The Kier molecular flexibility index (Phi) is 6.39. The third-order valence-electron chi connectivity index (χ3n) is 6.56. The number of likely N-dealkylation sites (N-methyl/N-ethyl adjacent to an activating group) is 1. The molecule has 0 atom stereocenters. The maximum atomic E-state index is 13.1. The quantitative estimate of drug-likeness (QED) is 0.526. The van der Waals surface area contributed by atoms with Gasteiger partial charge in [-0.25, -0.2) is 13.4 Å². The SMILES string of the molecule is CN1C(C(=O)Nc2ccc(C3CC3)cn2)=C(O)c2cc(OCCN3CCNCC3)ccc2S1(=O)=O. The monoisotopic (exact) mass is 499 g/mol. The molecule has 2 aromatic rings. The van der Waals surface area contributed by atoms with Crippen LogP contribution in [-0.2, 0) is 14.8 Å². The minimum atomic E-state index is -4.04. The van der Waals surface area contributed by atoms with E-state index in [1.165, 1.54) is 19.2 Å². The molecule has 186 valence electrons. The van der Waals surface area contributed by atoms with Crippen molar-refractivity contribution in [3.8, 4) is 5.75 Å². The first-order valence-electron chi connectivity index (χ1n) is 11.7. The first kappa shape index (κ1) is 23.6. The third kappa shape index (κ3) is 4.84. The number of aromatic nitrogens is 1. The summed E-state index contributed by atoms with van der Waals surface area (Å²) in [6.45, 7) is 4.92. The van der Waals surface area contributed by atoms with E-state index in [1.54, 1.807) is 18.3 Å². The van der Waals surface area contributed by atoms with Crippen LogP contribution in [0, 0.1) is 0 Å². The Labute approximate surface area is 204 Å². The third-order valence-corrected chi connectivity index (χ3v) is 8.38. The van der Waals surface area contributed by atoms with E-state index in [-0.39, 0.29) is 22.0 Å². The number of amides is 1. The number of nitrogens with one attached hydrogen (secondary N) is 2. The number of pyridine rings is 1. The zero-order valence-electron chi connectivity index (χ0n) is 19.5. The lowest BCUT2D eigenvalue weighted by Crippen LogP contribution is -2.44. The first-order valence-corrected chi connectivity index (χ1v) is 13.2. The predicted molar refractivity (Wildman–Crippen MR) is 131 cm³/mol. The molecule has 0 unspecified atom stereocenters.